The van der Waals surface area contributed by atoms with Crippen LogP contribution in [0.1, 0.15) is 63.8 Å². The zero-order valence-electron chi connectivity index (χ0n) is 12.9. The number of hydrogen-bond donors (Lipinski definition) is 1. The predicted octanol–water partition coefficient (Wildman–Crippen LogP) is 3.42. The van der Waals surface area contributed by atoms with Crippen molar-refractivity contribution in [2.45, 2.75) is 53.5 Å². The van der Waals surface area contributed by atoms with Crippen LogP contribution in [0.2, 0.25) is 5.02 Å². The third-order valence-electron chi connectivity index (χ3n) is 4.79. The van der Waals surface area contributed by atoms with Crippen LogP contribution in [0, 0.1) is 10.8 Å². The number of carbonyl (C=O) groups excluding carboxylic acids is 1. The van der Waals surface area contributed by atoms with E-state index in [0.29, 0.717) is 10.8 Å². The topological polar surface area (TPSA) is 54.9 Å². The minimum absolute atomic E-state index is 0.0864. The lowest BCUT2D eigenvalue weighted by Gasteiger charge is -2.10. The molecule has 1 aromatic rings. The Bertz CT molecular complexity index is 538. The summed E-state index contributed by atoms with van der Waals surface area (Å²) in [6, 6.07) is 0.135. The molecule has 110 valence electrons. The van der Waals surface area contributed by atoms with Gasteiger partial charge in [0.05, 0.1) is 11.2 Å². The lowest BCUT2D eigenvalue weighted by molar-refractivity contribution is 0.0938. The number of nitrogens with zero attached hydrogens (tertiary/aromatic N) is 2. The highest BCUT2D eigenvalue weighted by Gasteiger charge is 2.65. The van der Waals surface area contributed by atoms with Crippen molar-refractivity contribution in [1.82, 2.24) is 15.3 Å². The summed E-state index contributed by atoms with van der Waals surface area (Å²) >= 11 is 6.06. The molecular formula is C15H22ClN3O. The minimum atomic E-state index is -0.219. The molecule has 0 radical (unpaired) electrons. The first-order valence-corrected chi connectivity index (χ1v) is 7.30. The molecule has 1 fully saturated rings. The lowest BCUT2D eigenvalue weighted by Crippen LogP contribution is -2.31. The molecule has 1 saturated carbocycles. The van der Waals surface area contributed by atoms with E-state index >= 15 is 0 Å². The first-order chi connectivity index (χ1) is 9.09. The Kier molecular flexibility index (Phi) is 3.57. The Morgan fingerprint density at radius 1 is 1.30 bits per heavy atom. The average molecular weight is 296 g/mol. The van der Waals surface area contributed by atoms with E-state index in [1.54, 1.807) is 0 Å². The molecule has 1 heterocycles. The van der Waals surface area contributed by atoms with Crippen molar-refractivity contribution in [3.8, 4) is 0 Å². The van der Waals surface area contributed by atoms with Crippen molar-refractivity contribution in [1.29, 1.82) is 0 Å². The van der Waals surface area contributed by atoms with Crippen LogP contribution in [-0.4, -0.2) is 21.9 Å². The number of hydrogen-bond acceptors (Lipinski definition) is 3. The fraction of sp³-hybridized carbons (Fsp3) is 0.667. The molecule has 1 amide bonds. The van der Waals surface area contributed by atoms with Crippen molar-refractivity contribution in [2.24, 2.45) is 10.8 Å². The molecule has 20 heavy (non-hydrogen) atoms. The summed E-state index contributed by atoms with van der Waals surface area (Å²) in [5.74, 6) is 0.574. The second-order valence-electron chi connectivity index (χ2n) is 6.93. The van der Waals surface area contributed by atoms with E-state index in [9.17, 15) is 4.79 Å². The molecule has 0 saturated heterocycles. The van der Waals surface area contributed by atoms with Crippen LogP contribution in [0.3, 0.4) is 0 Å². The van der Waals surface area contributed by atoms with Crippen molar-refractivity contribution < 1.29 is 4.79 Å². The molecule has 5 heteroatoms. The summed E-state index contributed by atoms with van der Waals surface area (Å²) in [7, 11) is 0. The fourth-order valence-corrected chi connectivity index (χ4v) is 2.75. The summed E-state index contributed by atoms with van der Waals surface area (Å²) < 4.78 is 0. The molecule has 1 aliphatic rings. The van der Waals surface area contributed by atoms with E-state index in [1.807, 2.05) is 13.8 Å². The number of amides is 1. The second kappa shape index (κ2) is 4.69. The molecule has 4 nitrogen and oxygen atoms in total. The summed E-state index contributed by atoms with van der Waals surface area (Å²) in [5, 5.41) is 3.34. The normalized spacial score (nSPS) is 20.0. The van der Waals surface area contributed by atoms with Crippen LogP contribution in [0.5, 0.6) is 0 Å². The van der Waals surface area contributed by atoms with E-state index in [0.717, 1.165) is 0 Å². The van der Waals surface area contributed by atoms with Gasteiger partial charge in [0.25, 0.3) is 5.91 Å². The first-order valence-electron chi connectivity index (χ1n) is 6.92. The van der Waals surface area contributed by atoms with E-state index in [-0.39, 0.29) is 34.4 Å². The summed E-state index contributed by atoms with van der Waals surface area (Å²) in [4.78, 5) is 20.8. The maximum atomic E-state index is 12.4. The van der Waals surface area contributed by atoms with Crippen molar-refractivity contribution in [3.63, 3.8) is 0 Å². The molecule has 1 aromatic heterocycles. The number of carbonyl (C=O) groups is 1. The van der Waals surface area contributed by atoms with Crippen molar-refractivity contribution in [3.05, 3.63) is 22.7 Å². The molecule has 0 aliphatic heterocycles. The third-order valence-corrected chi connectivity index (χ3v) is 5.07. The molecular weight excluding hydrogens is 274 g/mol. The van der Waals surface area contributed by atoms with Gasteiger partial charge in [0.1, 0.15) is 11.5 Å². The molecule has 2 rings (SSSR count). The molecule has 0 aromatic carbocycles. The average Bonchev–Trinajstić information content (AvgIpc) is 2.71. The molecule has 0 bridgehead atoms. The van der Waals surface area contributed by atoms with E-state index in [4.69, 9.17) is 11.6 Å². The van der Waals surface area contributed by atoms with Gasteiger partial charge in [0.2, 0.25) is 0 Å². The van der Waals surface area contributed by atoms with Gasteiger partial charge in [-0.3, -0.25) is 4.79 Å². The van der Waals surface area contributed by atoms with Crippen LogP contribution in [0.15, 0.2) is 6.20 Å². The number of aromatic nitrogens is 2. The standard InChI is InChI=1S/C15H22ClN3O/c1-8(2)11-17-7-9(16)10(18-11)12(20)19-13-14(3,4)15(13,5)6/h7-8,13H,1-6H3,(H,19,20). The monoisotopic (exact) mass is 295 g/mol. The highest BCUT2D eigenvalue weighted by Crippen LogP contribution is 2.62. The highest BCUT2D eigenvalue weighted by molar-refractivity contribution is 6.33. The van der Waals surface area contributed by atoms with Gasteiger partial charge < -0.3 is 5.32 Å². The number of rotatable bonds is 3. The van der Waals surface area contributed by atoms with Gasteiger partial charge in [0.15, 0.2) is 0 Å². The Balaban J connectivity index is 2.21. The Hall–Kier alpha value is -1.16. The van der Waals surface area contributed by atoms with E-state index < -0.39 is 0 Å². The maximum absolute atomic E-state index is 12.4. The van der Waals surface area contributed by atoms with Gasteiger partial charge in [-0.2, -0.15) is 0 Å². The number of halogens is 1. The predicted molar refractivity (Wildman–Crippen MR) is 79.9 cm³/mol. The summed E-state index contributed by atoms with van der Waals surface area (Å²) in [6.07, 6.45) is 1.50. The molecule has 1 aliphatic carbocycles. The number of nitrogens with one attached hydrogen (secondary N) is 1. The van der Waals surface area contributed by atoms with Crippen LogP contribution in [0.25, 0.3) is 0 Å². The van der Waals surface area contributed by atoms with Gasteiger partial charge in [-0.25, -0.2) is 9.97 Å². The first kappa shape index (κ1) is 15.2. The Morgan fingerprint density at radius 2 is 1.85 bits per heavy atom. The third kappa shape index (κ3) is 2.30. The van der Waals surface area contributed by atoms with Crippen LogP contribution >= 0.6 is 11.6 Å². The molecule has 1 N–H and O–H groups in total. The van der Waals surface area contributed by atoms with E-state index in [1.165, 1.54) is 6.20 Å². The summed E-state index contributed by atoms with van der Waals surface area (Å²) in [5.41, 5.74) is 0.440. The lowest BCUT2D eigenvalue weighted by atomic mass is 10.0. The van der Waals surface area contributed by atoms with Gasteiger partial charge in [0, 0.05) is 12.0 Å². The Morgan fingerprint density at radius 3 is 2.30 bits per heavy atom. The van der Waals surface area contributed by atoms with Gasteiger partial charge >= 0.3 is 0 Å². The van der Waals surface area contributed by atoms with Gasteiger partial charge in [-0.1, -0.05) is 53.1 Å². The van der Waals surface area contributed by atoms with Crippen molar-refractivity contribution >= 4 is 17.5 Å². The quantitative estimate of drug-likeness (QED) is 0.929. The molecule has 0 unspecified atom stereocenters. The van der Waals surface area contributed by atoms with Gasteiger partial charge in [-0.15, -0.1) is 0 Å². The largest absolute Gasteiger partial charge is 0.347 e. The maximum Gasteiger partial charge on any atom is 0.271 e. The SMILES string of the molecule is CC(C)c1ncc(Cl)c(C(=O)NC2C(C)(C)C2(C)C)n1. The van der Waals surface area contributed by atoms with Crippen LogP contribution in [0.4, 0.5) is 0 Å². The van der Waals surface area contributed by atoms with Crippen molar-refractivity contribution in [2.75, 3.05) is 0 Å². The minimum Gasteiger partial charge on any atom is -0.347 e. The van der Waals surface area contributed by atoms with Crippen LogP contribution in [-0.2, 0) is 0 Å². The smallest absolute Gasteiger partial charge is 0.271 e. The zero-order chi connectivity index (χ0) is 15.3. The highest BCUT2D eigenvalue weighted by atomic mass is 35.5. The van der Waals surface area contributed by atoms with Gasteiger partial charge in [-0.05, 0) is 10.8 Å². The van der Waals surface area contributed by atoms with Crippen LogP contribution < -0.4 is 5.32 Å². The zero-order valence-corrected chi connectivity index (χ0v) is 13.7. The molecule has 0 spiro atoms. The van der Waals surface area contributed by atoms with E-state index in [2.05, 4.69) is 43.0 Å². The Labute approximate surface area is 125 Å². The fourth-order valence-electron chi connectivity index (χ4n) is 2.57. The summed E-state index contributed by atoms with van der Waals surface area (Å²) in [6.45, 7) is 12.6. The molecule has 0 atom stereocenters. The second-order valence-corrected chi connectivity index (χ2v) is 7.34.